The van der Waals surface area contributed by atoms with Crippen molar-refractivity contribution in [2.24, 2.45) is 5.73 Å². The van der Waals surface area contributed by atoms with Crippen LogP contribution in [0.15, 0.2) is 18.2 Å². The Balaban J connectivity index is 2.19. The van der Waals surface area contributed by atoms with Gasteiger partial charge in [0.15, 0.2) is 5.13 Å². The lowest BCUT2D eigenvalue weighted by molar-refractivity contribution is -0.125. The molecule has 0 aliphatic rings. The first kappa shape index (κ1) is 13.7. The summed E-state index contributed by atoms with van der Waals surface area (Å²) < 4.78 is 11.0. The normalized spacial score (nSPS) is 12.4. The Kier molecular flexibility index (Phi) is 4.31. The minimum absolute atomic E-state index is 0.126. The van der Waals surface area contributed by atoms with Crippen LogP contribution < -0.4 is 15.8 Å². The first-order valence-electron chi connectivity index (χ1n) is 5.66. The van der Waals surface area contributed by atoms with E-state index in [-0.39, 0.29) is 12.5 Å². The molecule has 1 aromatic heterocycles. The Morgan fingerprint density at radius 3 is 2.95 bits per heavy atom. The second kappa shape index (κ2) is 5.96. The zero-order chi connectivity index (χ0) is 13.8. The Hall–Kier alpha value is -1.70. The standard InChI is InChI=1S/C12H15N3O3S/c1-17-7-3-4-8-10(5-7)19-12(14-8)15-11(16)9(6-13)18-2/h3-5,9H,6,13H2,1-2H3,(H,14,15,16). The molecule has 1 unspecified atom stereocenters. The summed E-state index contributed by atoms with van der Waals surface area (Å²) in [4.78, 5) is 16.1. The fraction of sp³-hybridized carbons (Fsp3) is 0.333. The van der Waals surface area contributed by atoms with Gasteiger partial charge >= 0.3 is 0 Å². The first-order valence-corrected chi connectivity index (χ1v) is 6.48. The molecule has 1 aromatic carbocycles. The van der Waals surface area contributed by atoms with Gasteiger partial charge in [0.05, 0.1) is 17.3 Å². The SMILES string of the molecule is COc1ccc2nc(NC(=O)C(CN)OC)sc2c1. The van der Waals surface area contributed by atoms with Gasteiger partial charge in [-0.3, -0.25) is 10.1 Å². The molecule has 0 aliphatic carbocycles. The van der Waals surface area contributed by atoms with Crippen molar-refractivity contribution in [2.45, 2.75) is 6.10 Å². The van der Waals surface area contributed by atoms with Gasteiger partial charge in [-0.05, 0) is 18.2 Å². The monoisotopic (exact) mass is 281 g/mol. The van der Waals surface area contributed by atoms with Crippen molar-refractivity contribution in [3.63, 3.8) is 0 Å². The predicted molar refractivity (Wildman–Crippen MR) is 74.7 cm³/mol. The molecule has 0 spiro atoms. The molecule has 0 aliphatic heterocycles. The highest BCUT2D eigenvalue weighted by molar-refractivity contribution is 7.22. The molecule has 0 saturated heterocycles. The van der Waals surface area contributed by atoms with Crippen molar-refractivity contribution >= 4 is 32.6 Å². The van der Waals surface area contributed by atoms with Crippen LogP contribution in [0.2, 0.25) is 0 Å². The number of aromatic nitrogens is 1. The average molecular weight is 281 g/mol. The molecule has 1 heterocycles. The third-order valence-corrected chi connectivity index (χ3v) is 3.55. The van der Waals surface area contributed by atoms with Crippen LogP contribution in [-0.4, -0.2) is 37.8 Å². The Morgan fingerprint density at radius 2 is 2.32 bits per heavy atom. The Bertz CT molecular complexity index is 581. The minimum atomic E-state index is -0.665. The summed E-state index contributed by atoms with van der Waals surface area (Å²) in [6.07, 6.45) is -0.665. The fourth-order valence-electron chi connectivity index (χ4n) is 1.58. The van der Waals surface area contributed by atoms with Crippen LogP contribution in [0.3, 0.4) is 0 Å². The van der Waals surface area contributed by atoms with Gasteiger partial charge in [0.1, 0.15) is 11.9 Å². The molecule has 3 N–H and O–H groups in total. The summed E-state index contributed by atoms with van der Waals surface area (Å²) in [6.45, 7) is 0.126. The molecular formula is C12H15N3O3S. The molecule has 2 rings (SSSR count). The molecule has 1 amide bonds. The van der Waals surface area contributed by atoms with Gasteiger partial charge in [-0.15, -0.1) is 0 Å². The number of amides is 1. The zero-order valence-corrected chi connectivity index (χ0v) is 11.5. The molecule has 7 heteroatoms. The van der Waals surface area contributed by atoms with Gasteiger partial charge in [-0.2, -0.15) is 0 Å². The average Bonchev–Trinajstić information content (AvgIpc) is 2.80. The third kappa shape index (κ3) is 3.01. The van der Waals surface area contributed by atoms with E-state index in [1.165, 1.54) is 18.4 Å². The second-order valence-corrected chi connectivity index (χ2v) is 4.83. The highest BCUT2D eigenvalue weighted by atomic mass is 32.1. The Labute approximate surface area is 114 Å². The van der Waals surface area contributed by atoms with Crippen molar-refractivity contribution in [3.05, 3.63) is 18.2 Å². The van der Waals surface area contributed by atoms with E-state index in [9.17, 15) is 4.79 Å². The number of hydrogen-bond acceptors (Lipinski definition) is 6. The van der Waals surface area contributed by atoms with Crippen molar-refractivity contribution < 1.29 is 14.3 Å². The number of fused-ring (bicyclic) bond motifs is 1. The molecule has 0 saturated carbocycles. The number of anilines is 1. The summed E-state index contributed by atoms with van der Waals surface area (Å²) in [5.74, 6) is 0.460. The van der Waals surface area contributed by atoms with Crippen LogP contribution in [0, 0.1) is 0 Å². The number of nitrogens with zero attached hydrogens (tertiary/aromatic N) is 1. The number of carbonyl (C=O) groups excluding carboxylic acids is 1. The second-order valence-electron chi connectivity index (χ2n) is 3.80. The predicted octanol–water partition coefficient (Wildman–Crippen LogP) is 1.22. The summed E-state index contributed by atoms with van der Waals surface area (Å²) in [6, 6.07) is 5.54. The molecule has 0 bridgehead atoms. The molecule has 0 fully saturated rings. The molecular weight excluding hydrogens is 266 g/mol. The Morgan fingerprint density at radius 1 is 1.53 bits per heavy atom. The number of nitrogens with two attached hydrogens (primary N) is 1. The van der Waals surface area contributed by atoms with E-state index in [1.807, 2.05) is 18.2 Å². The number of thiazole rings is 1. The number of methoxy groups -OCH3 is 2. The summed E-state index contributed by atoms with van der Waals surface area (Å²) in [5.41, 5.74) is 6.24. The lowest BCUT2D eigenvalue weighted by atomic mass is 10.3. The number of hydrogen-bond donors (Lipinski definition) is 2. The molecule has 19 heavy (non-hydrogen) atoms. The van der Waals surface area contributed by atoms with Gasteiger partial charge in [0.25, 0.3) is 5.91 Å². The van der Waals surface area contributed by atoms with E-state index in [0.717, 1.165) is 16.0 Å². The van der Waals surface area contributed by atoms with Gasteiger partial charge in [0, 0.05) is 13.7 Å². The van der Waals surface area contributed by atoms with Crippen LogP contribution in [0.4, 0.5) is 5.13 Å². The van der Waals surface area contributed by atoms with Gasteiger partial charge in [0.2, 0.25) is 0 Å². The molecule has 6 nitrogen and oxygen atoms in total. The van der Waals surface area contributed by atoms with Crippen LogP contribution in [0.1, 0.15) is 0 Å². The number of benzene rings is 1. The fourth-order valence-corrected chi connectivity index (χ4v) is 2.48. The lowest BCUT2D eigenvalue weighted by Crippen LogP contribution is -2.35. The van der Waals surface area contributed by atoms with Crippen LogP contribution in [0.25, 0.3) is 10.2 Å². The molecule has 0 radical (unpaired) electrons. The van der Waals surface area contributed by atoms with E-state index in [4.69, 9.17) is 15.2 Å². The van der Waals surface area contributed by atoms with E-state index in [1.54, 1.807) is 7.11 Å². The van der Waals surface area contributed by atoms with Crippen LogP contribution in [0.5, 0.6) is 5.75 Å². The smallest absolute Gasteiger partial charge is 0.256 e. The summed E-state index contributed by atoms with van der Waals surface area (Å²) in [5, 5.41) is 3.21. The summed E-state index contributed by atoms with van der Waals surface area (Å²) >= 11 is 1.37. The maximum absolute atomic E-state index is 11.8. The molecule has 1 atom stereocenters. The first-order chi connectivity index (χ1) is 9.17. The highest BCUT2D eigenvalue weighted by Crippen LogP contribution is 2.29. The molecule has 2 aromatic rings. The maximum atomic E-state index is 11.8. The van der Waals surface area contributed by atoms with Crippen molar-refractivity contribution in [1.82, 2.24) is 4.98 Å². The number of nitrogens with one attached hydrogen (secondary N) is 1. The minimum Gasteiger partial charge on any atom is -0.497 e. The van der Waals surface area contributed by atoms with Crippen molar-refractivity contribution in [2.75, 3.05) is 26.1 Å². The topological polar surface area (TPSA) is 86.5 Å². The van der Waals surface area contributed by atoms with E-state index in [2.05, 4.69) is 10.3 Å². The number of rotatable bonds is 5. The zero-order valence-electron chi connectivity index (χ0n) is 10.7. The van der Waals surface area contributed by atoms with Gasteiger partial charge in [-0.25, -0.2) is 4.98 Å². The van der Waals surface area contributed by atoms with Crippen molar-refractivity contribution in [1.29, 1.82) is 0 Å². The maximum Gasteiger partial charge on any atom is 0.256 e. The highest BCUT2D eigenvalue weighted by Gasteiger charge is 2.17. The van der Waals surface area contributed by atoms with E-state index < -0.39 is 6.10 Å². The summed E-state index contributed by atoms with van der Waals surface area (Å²) in [7, 11) is 3.05. The molecule has 102 valence electrons. The number of carbonyl (C=O) groups is 1. The lowest BCUT2D eigenvalue weighted by Gasteiger charge is -2.10. The van der Waals surface area contributed by atoms with Gasteiger partial charge < -0.3 is 15.2 Å². The quantitative estimate of drug-likeness (QED) is 0.860. The number of ether oxygens (including phenoxy) is 2. The van der Waals surface area contributed by atoms with E-state index in [0.29, 0.717) is 5.13 Å². The largest absolute Gasteiger partial charge is 0.497 e. The third-order valence-electron chi connectivity index (χ3n) is 2.62. The van der Waals surface area contributed by atoms with Crippen molar-refractivity contribution in [3.8, 4) is 5.75 Å². The van der Waals surface area contributed by atoms with E-state index >= 15 is 0 Å². The van der Waals surface area contributed by atoms with Crippen LogP contribution >= 0.6 is 11.3 Å². The van der Waals surface area contributed by atoms with Crippen LogP contribution in [-0.2, 0) is 9.53 Å². The van der Waals surface area contributed by atoms with Gasteiger partial charge in [-0.1, -0.05) is 11.3 Å².